The molecule has 0 amide bonds. The number of anilines is 1. The van der Waals surface area contributed by atoms with Crippen LogP contribution in [0.25, 0.3) is 0 Å². The summed E-state index contributed by atoms with van der Waals surface area (Å²) in [5, 5.41) is 0. The van der Waals surface area contributed by atoms with Crippen LogP contribution in [0.1, 0.15) is 34.9 Å². The summed E-state index contributed by atoms with van der Waals surface area (Å²) in [5.41, 5.74) is 0.744. The second kappa shape index (κ2) is 15.2. The lowest BCUT2D eigenvalue weighted by Crippen LogP contribution is -2.39. The van der Waals surface area contributed by atoms with E-state index in [-0.39, 0.29) is 13.0 Å². The highest BCUT2D eigenvalue weighted by molar-refractivity contribution is 8.10. The Morgan fingerprint density at radius 2 is 1.54 bits per heavy atom. The average molecular weight is 743 g/mol. The molecule has 7 rings (SSSR count). The van der Waals surface area contributed by atoms with Crippen LogP contribution in [-0.2, 0) is 35.9 Å². The second-order valence-corrected chi connectivity index (χ2v) is 15.7. The Labute approximate surface area is 306 Å². The minimum Gasteiger partial charge on any atom is -0.497 e. The summed E-state index contributed by atoms with van der Waals surface area (Å²) in [5.74, 6) is 2.05. The zero-order valence-corrected chi connectivity index (χ0v) is 30.6. The summed E-state index contributed by atoms with van der Waals surface area (Å²) in [4.78, 5) is 32.3. The predicted octanol–water partition coefficient (Wildman–Crippen LogP) is 5.70. The van der Waals surface area contributed by atoms with Gasteiger partial charge in [-0.15, -0.1) is 0 Å². The van der Waals surface area contributed by atoms with Gasteiger partial charge in [-0.2, -0.15) is 0 Å². The largest absolute Gasteiger partial charge is 0.497 e. The van der Waals surface area contributed by atoms with Crippen LogP contribution in [0.4, 0.5) is 5.82 Å². The van der Waals surface area contributed by atoms with E-state index in [0.29, 0.717) is 36.0 Å². The van der Waals surface area contributed by atoms with Crippen molar-refractivity contribution in [1.29, 1.82) is 0 Å². The van der Waals surface area contributed by atoms with Gasteiger partial charge in [-0.05, 0) is 71.8 Å². The van der Waals surface area contributed by atoms with E-state index in [2.05, 4.69) is 9.97 Å². The zero-order chi connectivity index (χ0) is 36.3. The van der Waals surface area contributed by atoms with Gasteiger partial charge >= 0.3 is 5.69 Å². The molecular formula is C38H39N4O8PS. The molecule has 2 aliphatic heterocycles. The first-order chi connectivity index (χ1) is 25.2. The quantitative estimate of drug-likeness (QED) is 0.125. The number of hydrogen-bond acceptors (Lipinski definition) is 10. The van der Waals surface area contributed by atoms with Crippen molar-refractivity contribution in [2.45, 2.75) is 37.4 Å². The van der Waals surface area contributed by atoms with Gasteiger partial charge in [0, 0.05) is 24.4 Å². The molecule has 4 atom stereocenters. The number of pyridine rings is 1. The van der Waals surface area contributed by atoms with Gasteiger partial charge < -0.3 is 28.0 Å². The Bertz CT molecular complexity index is 2100. The molecule has 1 unspecified atom stereocenters. The summed E-state index contributed by atoms with van der Waals surface area (Å²) in [6.45, 7) is -0.560. The smallest absolute Gasteiger partial charge is 0.330 e. The number of H-pyrrole nitrogens is 1. The fourth-order valence-electron chi connectivity index (χ4n) is 6.65. The van der Waals surface area contributed by atoms with Gasteiger partial charge in [-0.3, -0.25) is 19.0 Å². The maximum Gasteiger partial charge on any atom is 0.330 e. The molecule has 3 aromatic carbocycles. The third-order valence-corrected chi connectivity index (χ3v) is 12.5. The van der Waals surface area contributed by atoms with Crippen LogP contribution < -0.4 is 25.4 Å². The van der Waals surface area contributed by atoms with Crippen molar-refractivity contribution < 1.29 is 28.0 Å². The van der Waals surface area contributed by atoms with Crippen molar-refractivity contribution in [1.82, 2.24) is 14.5 Å². The predicted molar refractivity (Wildman–Crippen MR) is 200 cm³/mol. The molecule has 0 radical (unpaired) electrons. The SMILES string of the molecule is COc1ccc(C(OC[C@H]2O[C@@H](n3cc(C)c(=O)[nH]c3=O)C[C@@H]2OP2(=S)OCCN2c2ccccn2)(c2ccccc2)c2ccc(OC)cc2)cc1. The van der Waals surface area contributed by atoms with Crippen LogP contribution >= 0.6 is 6.64 Å². The van der Waals surface area contributed by atoms with Gasteiger partial charge in [0.25, 0.3) is 12.2 Å². The Hall–Kier alpha value is -4.62. The number of ether oxygens (including phenoxy) is 4. The number of aryl methyl sites for hydroxylation is 1. The molecule has 14 heteroatoms. The lowest BCUT2D eigenvalue weighted by molar-refractivity contribution is -0.0916. The molecule has 12 nitrogen and oxygen atoms in total. The molecule has 270 valence electrons. The summed E-state index contributed by atoms with van der Waals surface area (Å²) >= 11 is 6.13. The molecule has 2 fully saturated rings. The molecule has 0 saturated carbocycles. The lowest BCUT2D eigenvalue weighted by Gasteiger charge is -2.37. The van der Waals surface area contributed by atoms with Crippen molar-refractivity contribution in [2.75, 3.05) is 38.6 Å². The number of hydrogen-bond donors (Lipinski definition) is 1. The molecule has 2 saturated heterocycles. The van der Waals surface area contributed by atoms with E-state index >= 15 is 0 Å². The maximum atomic E-state index is 13.1. The molecule has 2 aromatic heterocycles. The molecule has 5 aromatic rings. The Kier molecular flexibility index (Phi) is 10.4. The molecule has 0 spiro atoms. The minimum atomic E-state index is -3.10. The Balaban J connectivity index is 1.30. The van der Waals surface area contributed by atoms with Crippen LogP contribution in [0, 0.1) is 6.92 Å². The average Bonchev–Trinajstić information content (AvgIpc) is 3.76. The van der Waals surface area contributed by atoms with Crippen LogP contribution in [0.15, 0.2) is 119 Å². The summed E-state index contributed by atoms with van der Waals surface area (Å²) in [7, 11) is 3.25. The van der Waals surface area contributed by atoms with E-state index < -0.39 is 41.9 Å². The fourth-order valence-corrected chi connectivity index (χ4v) is 9.59. The lowest BCUT2D eigenvalue weighted by atomic mass is 9.80. The Morgan fingerprint density at radius 3 is 2.15 bits per heavy atom. The standard InChI is InChI=1S/C38H39N4O8PS/c1-26-24-41(37(44)40-36(26)43)35-23-32(50-51(52)42(21-22-48-51)34-11-7-8-20-39-34)33(49-35)25-47-38(27-9-5-4-6-10-27,28-12-16-30(45-2)17-13-28)29-14-18-31(46-3)19-15-29/h4-20,24,32-33,35H,21-23,25H2,1-3H3,(H,40,43,44)/t32-,33+,35+,51?/m0/s1. The first-order valence-electron chi connectivity index (χ1n) is 16.8. The van der Waals surface area contributed by atoms with E-state index in [0.717, 1.165) is 16.7 Å². The number of aromatic nitrogens is 3. The highest BCUT2D eigenvalue weighted by Crippen LogP contribution is 2.59. The second-order valence-electron chi connectivity index (χ2n) is 12.4. The van der Waals surface area contributed by atoms with Crippen LogP contribution in [-0.4, -0.2) is 60.7 Å². The number of benzene rings is 3. The number of methoxy groups -OCH3 is 2. The zero-order valence-electron chi connectivity index (χ0n) is 28.9. The molecule has 52 heavy (non-hydrogen) atoms. The van der Waals surface area contributed by atoms with Gasteiger partial charge in [0.2, 0.25) is 0 Å². The first-order valence-corrected chi connectivity index (χ1v) is 19.4. The molecule has 1 N–H and O–H groups in total. The topological polar surface area (TPSA) is 126 Å². The van der Waals surface area contributed by atoms with Crippen molar-refractivity contribution >= 4 is 24.3 Å². The number of nitrogens with one attached hydrogen (secondary N) is 1. The summed E-state index contributed by atoms with van der Waals surface area (Å²) in [6, 6.07) is 31.0. The highest BCUT2D eigenvalue weighted by atomic mass is 32.5. The van der Waals surface area contributed by atoms with Gasteiger partial charge in [0.15, 0.2) is 0 Å². The molecule has 2 aliphatic rings. The van der Waals surface area contributed by atoms with E-state index in [1.165, 1.54) is 10.8 Å². The van der Waals surface area contributed by atoms with Crippen LogP contribution in [0.3, 0.4) is 0 Å². The maximum absolute atomic E-state index is 13.1. The van der Waals surface area contributed by atoms with E-state index in [9.17, 15) is 9.59 Å². The van der Waals surface area contributed by atoms with Crippen LogP contribution in [0.2, 0.25) is 0 Å². The van der Waals surface area contributed by atoms with Crippen molar-refractivity contribution in [3.05, 3.63) is 153 Å². The van der Waals surface area contributed by atoms with Crippen molar-refractivity contribution in [3.8, 4) is 11.5 Å². The summed E-state index contributed by atoms with van der Waals surface area (Å²) in [6.07, 6.45) is 1.26. The minimum absolute atomic E-state index is 0.0180. The van der Waals surface area contributed by atoms with Gasteiger partial charge in [-0.1, -0.05) is 60.7 Å². The highest BCUT2D eigenvalue weighted by Gasteiger charge is 2.47. The molecule has 0 bridgehead atoms. The van der Waals surface area contributed by atoms with Gasteiger partial charge in [0.1, 0.15) is 35.2 Å². The Morgan fingerprint density at radius 1 is 0.904 bits per heavy atom. The summed E-state index contributed by atoms with van der Waals surface area (Å²) < 4.78 is 41.1. The first kappa shape index (κ1) is 35.8. The van der Waals surface area contributed by atoms with Gasteiger partial charge in [0.05, 0.1) is 40.1 Å². The third kappa shape index (κ3) is 6.95. The normalized spacial score (nSPS) is 21.7. The van der Waals surface area contributed by atoms with Gasteiger partial charge in [-0.25, -0.2) is 9.78 Å². The monoisotopic (exact) mass is 742 g/mol. The van der Waals surface area contributed by atoms with Crippen LogP contribution in [0.5, 0.6) is 11.5 Å². The van der Waals surface area contributed by atoms with E-state index in [1.807, 2.05) is 102 Å². The fraction of sp³-hybridized carbons (Fsp3) is 0.289. The van der Waals surface area contributed by atoms with E-state index in [4.69, 9.17) is 39.8 Å². The molecular weight excluding hydrogens is 703 g/mol. The third-order valence-electron chi connectivity index (χ3n) is 9.31. The van der Waals surface area contributed by atoms with Crippen molar-refractivity contribution in [2.24, 2.45) is 0 Å². The number of nitrogens with zero attached hydrogens (tertiary/aromatic N) is 3. The molecule has 4 heterocycles. The number of rotatable bonds is 12. The number of aromatic amines is 1. The van der Waals surface area contributed by atoms with Crippen molar-refractivity contribution in [3.63, 3.8) is 0 Å². The van der Waals surface area contributed by atoms with E-state index in [1.54, 1.807) is 27.3 Å². The molecule has 0 aliphatic carbocycles.